The van der Waals surface area contributed by atoms with Crippen LogP contribution in [0.15, 0.2) is 48.5 Å². The number of benzene rings is 2. The van der Waals surface area contributed by atoms with Gasteiger partial charge in [0, 0.05) is 16.8 Å². The molecule has 3 nitrogen and oxygen atoms in total. The predicted molar refractivity (Wildman–Crippen MR) is 73.5 cm³/mol. The van der Waals surface area contributed by atoms with E-state index in [1.54, 1.807) is 48.5 Å². The van der Waals surface area contributed by atoms with Crippen LogP contribution in [0.3, 0.4) is 0 Å². The van der Waals surface area contributed by atoms with Crippen LogP contribution in [0.2, 0.25) is 0 Å². The number of anilines is 1. The lowest BCUT2D eigenvalue weighted by Gasteiger charge is -2.05. The predicted octanol–water partition coefficient (Wildman–Crippen LogP) is 2.79. The number of carbonyl (C=O) groups excluding carboxylic acids is 1. The van der Waals surface area contributed by atoms with Gasteiger partial charge in [-0.15, -0.1) is 6.42 Å². The summed E-state index contributed by atoms with van der Waals surface area (Å²) in [4.78, 5) is 12.0. The van der Waals surface area contributed by atoms with E-state index < -0.39 is 0 Å². The summed E-state index contributed by atoms with van der Waals surface area (Å²) in [5.41, 5.74) is 2.36. The molecule has 1 amide bonds. The summed E-state index contributed by atoms with van der Waals surface area (Å²) in [6.07, 6.45) is 5.30. The van der Waals surface area contributed by atoms with Crippen LogP contribution >= 0.6 is 0 Å². The minimum absolute atomic E-state index is 0.237. The maximum Gasteiger partial charge on any atom is 0.255 e. The first kappa shape index (κ1) is 12.4. The van der Waals surface area contributed by atoms with E-state index in [1.807, 2.05) is 6.07 Å². The Hall–Kier alpha value is -3.04. The number of terminal acetylenes is 1. The maximum absolute atomic E-state index is 12.0. The fourth-order valence-electron chi connectivity index (χ4n) is 1.59. The summed E-state index contributed by atoms with van der Waals surface area (Å²) in [6.45, 7) is 0. The second-order valence-electron chi connectivity index (χ2n) is 3.87. The van der Waals surface area contributed by atoms with Crippen molar-refractivity contribution in [2.24, 2.45) is 0 Å². The van der Waals surface area contributed by atoms with Crippen LogP contribution in [-0.4, -0.2) is 5.91 Å². The molecule has 0 spiro atoms. The van der Waals surface area contributed by atoms with Crippen LogP contribution < -0.4 is 5.32 Å². The normalized spacial score (nSPS) is 9.16. The number of nitrogens with one attached hydrogen (secondary N) is 1. The van der Waals surface area contributed by atoms with Gasteiger partial charge in [0.2, 0.25) is 0 Å². The van der Waals surface area contributed by atoms with Crippen molar-refractivity contribution >= 4 is 11.6 Å². The molecular weight excluding hydrogens is 236 g/mol. The second-order valence-corrected chi connectivity index (χ2v) is 3.87. The van der Waals surface area contributed by atoms with E-state index in [9.17, 15) is 4.79 Å². The molecule has 0 radical (unpaired) electrons. The summed E-state index contributed by atoms with van der Waals surface area (Å²) in [7, 11) is 0. The molecule has 2 rings (SSSR count). The topological polar surface area (TPSA) is 52.9 Å². The molecule has 0 saturated carbocycles. The lowest BCUT2D eigenvalue weighted by molar-refractivity contribution is 0.102. The Morgan fingerprint density at radius 1 is 1.11 bits per heavy atom. The van der Waals surface area contributed by atoms with Crippen molar-refractivity contribution in [3.8, 4) is 18.4 Å². The number of amides is 1. The average molecular weight is 246 g/mol. The van der Waals surface area contributed by atoms with Crippen LogP contribution in [0.5, 0.6) is 0 Å². The molecule has 0 unspecified atom stereocenters. The quantitative estimate of drug-likeness (QED) is 0.828. The first-order valence-corrected chi connectivity index (χ1v) is 5.61. The van der Waals surface area contributed by atoms with E-state index in [0.717, 1.165) is 0 Å². The van der Waals surface area contributed by atoms with Crippen LogP contribution in [0, 0.1) is 23.7 Å². The molecular formula is C16H10N2O. The Kier molecular flexibility index (Phi) is 3.61. The van der Waals surface area contributed by atoms with Gasteiger partial charge in [0.25, 0.3) is 5.91 Å². The van der Waals surface area contributed by atoms with E-state index in [4.69, 9.17) is 11.7 Å². The van der Waals surface area contributed by atoms with E-state index in [0.29, 0.717) is 22.4 Å². The molecule has 2 aromatic rings. The Morgan fingerprint density at radius 2 is 1.84 bits per heavy atom. The first-order valence-electron chi connectivity index (χ1n) is 5.61. The fourth-order valence-corrected chi connectivity index (χ4v) is 1.59. The standard InChI is InChI=1S/C16H10N2O/c1-2-12-4-3-5-15(10-12)18-16(19)14-8-6-13(11-17)7-9-14/h1,3-10H,(H,18,19). The molecule has 90 valence electrons. The molecule has 0 aliphatic rings. The Morgan fingerprint density at radius 3 is 2.47 bits per heavy atom. The smallest absolute Gasteiger partial charge is 0.255 e. The van der Waals surface area contributed by atoms with E-state index >= 15 is 0 Å². The first-order chi connectivity index (χ1) is 9.22. The van der Waals surface area contributed by atoms with Gasteiger partial charge in [-0.25, -0.2) is 0 Å². The number of nitrogens with zero attached hydrogens (tertiary/aromatic N) is 1. The second kappa shape index (κ2) is 5.53. The molecule has 3 heteroatoms. The minimum Gasteiger partial charge on any atom is -0.322 e. The van der Waals surface area contributed by atoms with Crippen molar-refractivity contribution < 1.29 is 4.79 Å². The zero-order valence-electron chi connectivity index (χ0n) is 10.1. The van der Waals surface area contributed by atoms with Gasteiger partial charge in [0.05, 0.1) is 11.6 Å². The number of hydrogen-bond acceptors (Lipinski definition) is 2. The van der Waals surface area contributed by atoms with Gasteiger partial charge in [-0.2, -0.15) is 5.26 Å². The highest BCUT2D eigenvalue weighted by atomic mass is 16.1. The summed E-state index contributed by atoms with van der Waals surface area (Å²) in [5, 5.41) is 11.4. The van der Waals surface area contributed by atoms with Crippen molar-refractivity contribution in [2.45, 2.75) is 0 Å². The molecule has 1 N–H and O–H groups in total. The summed E-state index contributed by atoms with van der Waals surface area (Å²) in [5.74, 6) is 2.27. The number of rotatable bonds is 2. The number of hydrogen-bond donors (Lipinski definition) is 1. The van der Waals surface area contributed by atoms with Gasteiger partial charge in [0.1, 0.15) is 0 Å². The maximum atomic E-state index is 12.0. The van der Waals surface area contributed by atoms with Crippen LogP contribution in [0.1, 0.15) is 21.5 Å². The SMILES string of the molecule is C#Cc1cccc(NC(=O)c2ccc(C#N)cc2)c1. The number of nitriles is 1. The summed E-state index contributed by atoms with van der Waals surface area (Å²) >= 11 is 0. The molecule has 0 aromatic heterocycles. The summed E-state index contributed by atoms with van der Waals surface area (Å²) in [6, 6.07) is 15.5. The van der Waals surface area contributed by atoms with E-state index in [1.165, 1.54) is 0 Å². The third-order valence-corrected chi connectivity index (χ3v) is 2.56. The molecule has 0 aliphatic carbocycles. The Labute approximate surface area is 111 Å². The molecule has 0 bridgehead atoms. The van der Waals surface area contributed by atoms with Crippen molar-refractivity contribution in [3.63, 3.8) is 0 Å². The third kappa shape index (κ3) is 3.00. The van der Waals surface area contributed by atoms with E-state index in [-0.39, 0.29) is 5.91 Å². The van der Waals surface area contributed by atoms with Crippen LogP contribution in [-0.2, 0) is 0 Å². The van der Waals surface area contributed by atoms with Crippen LogP contribution in [0.25, 0.3) is 0 Å². The van der Waals surface area contributed by atoms with Crippen molar-refractivity contribution in [3.05, 3.63) is 65.2 Å². The zero-order valence-corrected chi connectivity index (χ0v) is 10.1. The van der Waals surface area contributed by atoms with Gasteiger partial charge >= 0.3 is 0 Å². The molecule has 19 heavy (non-hydrogen) atoms. The van der Waals surface area contributed by atoms with Gasteiger partial charge in [-0.1, -0.05) is 12.0 Å². The summed E-state index contributed by atoms with van der Waals surface area (Å²) < 4.78 is 0. The molecule has 0 aliphatic heterocycles. The number of carbonyl (C=O) groups is 1. The molecule has 2 aromatic carbocycles. The van der Waals surface area contributed by atoms with Gasteiger partial charge in [0.15, 0.2) is 0 Å². The molecule has 0 heterocycles. The zero-order chi connectivity index (χ0) is 13.7. The highest BCUT2D eigenvalue weighted by Gasteiger charge is 2.06. The van der Waals surface area contributed by atoms with Gasteiger partial charge < -0.3 is 5.32 Å². The van der Waals surface area contributed by atoms with Crippen LogP contribution in [0.4, 0.5) is 5.69 Å². The Bertz CT molecular complexity index is 688. The monoisotopic (exact) mass is 246 g/mol. The molecule has 0 atom stereocenters. The lowest BCUT2D eigenvalue weighted by atomic mass is 10.1. The third-order valence-electron chi connectivity index (χ3n) is 2.56. The molecule has 0 saturated heterocycles. The van der Waals surface area contributed by atoms with E-state index in [2.05, 4.69) is 11.2 Å². The Balaban J connectivity index is 2.16. The molecule has 0 fully saturated rings. The highest BCUT2D eigenvalue weighted by molar-refractivity contribution is 6.04. The minimum atomic E-state index is -0.237. The highest BCUT2D eigenvalue weighted by Crippen LogP contribution is 2.12. The van der Waals surface area contributed by atoms with Gasteiger partial charge in [-0.3, -0.25) is 4.79 Å². The van der Waals surface area contributed by atoms with Crippen molar-refractivity contribution in [2.75, 3.05) is 5.32 Å². The van der Waals surface area contributed by atoms with Crippen molar-refractivity contribution in [1.82, 2.24) is 0 Å². The van der Waals surface area contributed by atoms with Gasteiger partial charge in [-0.05, 0) is 42.5 Å². The van der Waals surface area contributed by atoms with Crippen molar-refractivity contribution in [1.29, 1.82) is 5.26 Å². The average Bonchev–Trinajstić information content (AvgIpc) is 2.47. The lowest BCUT2D eigenvalue weighted by Crippen LogP contribution is -2.11. The fraction of sp³-hybridized carbons (Fsp3) is 0. The largest absolute Gasteiger partial charge is 0.322 e.